The van der Waals surface area contributed by atoms with Crippen molar-refractivity contribution in [3.05, 3.63) is 52.5 Å². The van der Waals surface area contributed by atoms with E-state index in [2.05, 4.69) is 15.3 Å². The van der Waals surface area contributed by atoms with E-state index >= 15 is 0 Å². The zero-order valence-electron chi connectivity index (χ0n) is 20.5. The summed E-state index contributed by atoms with van der Waals surface area (Å²) < 4.78 is 8.37. The summed E-state index contributed by atoms with van der Waals surface area (Å²) >= 11 is 1.50. The summed E-state index contributed by atoms with van der Waals surface area (Å²) in [6.45, 7) is 2.45. The van der Waals surface area contributed by atoms with Crippen molar-refractivity contribution in [1.29, 1.82) is 0 Å². The first-order chi connectivity index (χ1) is 18.1. The predicted octanol–water partition coefficient (Wildman–Crippen LogP) is 1.64. The number of hydrogen-bond donors (Lipinski definition) is 1. The Hall–Kier alpha value is -3.15. The minimum absolute atomic E-state index is 0.00145. The van der Waals surface area contributed by atoms with Crippen molar-refractivity contribution in [3.63, 3.8) is 0 Å². The van der Waals surface area contributed by atoms with Gasteiger partial charge >= 0.3 is 0 Å². The average Bonchev–Trinajstić information content (AvgIpc) is 3.61. The third-order valence-corrected chi connectivity index (χ3v) is 8.64. The van der Waals surface area contributed by atoms with Gasteiger partial charge in [-0.05, 0) is 62.4 Å². The molecule has 1 N–H and O–H groups in total. The molecule has 0 aliphatic carbocycles. The Morgan fingerprint density at radius 1 is 1.16 bits per heavy atom. The van der Waals surface area contributed by atoms with E-state index in [0.29, 0.717) is 30.9 Å². The number of nitrogens with zero attached hydrogens (tertiary/aromatic N) is 5. The van der Waals surface area contributed by atoms with E-state index in [1.807, 2.05) is 11.4 Å². The van der Waals surface area contributed by atoms with E-state index in [4.69, 9.17) is 4.74 Å². The summed E-state index contributed by atoms with van der Waals surface area (Å²) in [4.78, 5) is 52.9. The Balaban J connectivity index is 1.26. The van der Waals surface area contributed by atoms with Crippen LogP contribution in [-0.4, -0.2) is 75.7 Å². The number of thiophene rings is 1. The van der Waals surface area contributed by atoms with E-state index in [1.54, 1.807) is 40.5 Å². The predicted molar refractivity (Wildman–Crippen MR) is 139 cm³/mol. The maximum Gasteiger partial charge on any atom is 0.259 e. The van der Waals surface area contributed by atoms with Crippen LogP contribution in [0.15, 0.2) is 47.0 Å². The van der Waals surface area contributed by atoms with Crippen molar-refractivity contribution in [1.82, 2.24) is 24.8 Å². The number of anilines is 1. The first kappa shape index (κ1) is 24.2. The van der Waals surface area contributed by atoms with E-state index in [0.717, 1.165) is 37.1 Å². The van der Waals surface area contributed by atoms with Crippen LogP contribution in [0.4, 0.5) is 5.95 Å². The number of pyridine rings is 1. The lowest BCUT2D eigenvalue weighted by molar-refractivity contribution is -0.142. The third kappa shape index (κ3) is 4.67. The van der Waals surface area contributed by atoms with E-state index in [-0.39, 0.29) is 42.1 Å². The van der Waals surface area contributed by atoms with Gasteiger partial charge in [-0.1, -0.05) is 0 Å². The maximum atomic E-state index is 14.1. The number of likely N-dealkylation sites (tertiary alicyclic amines) is 1. The van der Waals surface area contributed by atoms with Gasteiger partial charge < -0.3 is 19.5 Å². The van der Waals surface area contributed by atoms with Gasteiger partial charge in [-0.15, -0.1) is 11.3 Å². The number of fused-ring (bicyclic) bond motifs is 2. The zero-order chi connectivity index (χ0) is 25.4. The molecular formula is C26H30N6O4S. The molecule has 3 aromatic rings. The Morgan fingerprint density at radius 3 is 2.78 bits per heavy atom. The highest BCUT2D eigenvalue weighted by molar-refractivity contribution is 7.17. The molecule has 3 atom stereocenters. The second kappa shape index (κ2) is 10.3. The molecule has 3 aliphatic heterocycles. The minimum Gasteiger partial charge on any atom is -0.376 e. The smallest absolute Gasteiger partial charge is 0.259 e. The van der Waals surface area contributed by atoms with Crippen molar-refractivity contribution >= 4 is 39.2 Å². The molecule has 3 saturated heterocycles. The van der Waals surface area contributed by atoms with E-state index < -0.39 is 5.92 Å². The largest absolute Gasteiger partial charge is 0.376 e. The quantitative estimate of drug-likeness (QED) is 0.543. The first-order valence-electron chi connectivity index (χ1n) is 12.9. The number of ether oxygens (including phenoxy) is 1. The third-order valence-electron chi connectivity index (χ3n) is 7.76. The van der Waals surface area contributed by atoms with Crippen molar-refractivity contribution in [2.45, 2.75) is 50.4 Å². The normalized spacial score (nSPS) is 24.2. The molecule has 6 rings (SSSR count). The average molecular weight is 523 g/mol. The molecule has 0 spiro atoms. The number of aromatic nitrogens is 3. The Bertz CT molecular complexity index is 1340. The summed E-state index contributed by atoms with van der Waals surface area (Å²) in [6.07, 6.45) is 7.70. The standard InChI is InChI=1S/C26H30N6O4S/c33-23(16-30-11-4-22-19(25(30)35)6-13-37-22)31-15-17(14-21-20(31)5-12-36-21)24(34)32(18-2-9-27-10-3-18)26-28-7-1-8-29-26/h1,4,6-8,11,13,17-18,20-21,27H,2-3,5,9-10,12,14-16H2/t17-,20-,21-/m1/s1. The monoisotopic (exact) mass is 522 g/mol. The van der Waals surface area contributed by atoms with Crippen LogP contribution >= 0.6 is 11.3 Å². The summed E-state index contributed by atoms with van der Waals surface area (Å²) in [5.74, 6) is -0.263. The van der Waals surface area contributed by atoms with Crippen LogP contribution in [0.1, 0.15) is 25.7 Å². The molecule has 0 unspecified atom stereocenters. The molecule has 0 saturated carbocycles. The molecule has 0 bridgehead atoms. The number of nitrogens with one attached hydrogen (secondary N) is 1. The van der Waals surface area contributed by atoms with Gasteiger partial charge in [0.2, 0.25) is 17.8 Å². The highest BCUT2D eigenvalue weighted by Gasteiger charge is 2.46. The van der Waals surface area contributed by atoms with Crippen LogP contribution in [-0.2, 0) is 20.9 Å². The molecule has 2 amide bonds. The molecular weight excluding hydrogens is 492 g/mol. The lowest BCUT2D eigenvalue weighted by atomic mass is 9.88. The van der Waals surface area contributed by atoms with Gasteiger partial charge in [-0.25, -0.2) is 9.97 Å². The van der Waals surface area contributed by atoms with Crippen LogP contribution in [0.3, 0.4) is 0 Å². The number of carbonyl (C=O) groups is 2. The molecule has 0 radical (unpaired) electrons. The van der Waals surface area contributed by atoms with Gasteiger partial charge in [0.15, 0.2) is 0 Å². The molecule has 0 aromatic carbocycles. The summed E-state index contributed by atoms with van der Waals surface area (Å²) in [5.41, 5.74) is -0.172. The number of carbonyl (C=O) groups excluding carboxylic acids is 2. The minimum atomic E-state index is -0.432. The summed E-state index contributed by atoms with van der Waals surface area (Å²) in [7, 11) is 0. The Labute approximate surface area is 218 Å². The molecule has 10 nitrogen and oxygen atoms in total. The van der Waals surface area contributed by atoms with Crippen molar-refractivity contribution in [3.8, 4) is 0 Å². The fraction of sp³-hybridized carbons (Fsp3) is 0.500. The SMILES string of the molecule is O=C([C@@H]1C[C@H]2OCC[C@H]2N(C(=O)Cn2ccc3sccc3c2=O)C1)N(c1ncccn1)C1CCNCC1. The van der Waals surface area contributed by atoms with Gasteiger partial charge in [0.05, 0.1) is 23.4 Å². The fourth-order valence-electron chi connectivity index (χ4n) is 5.90. The van der Waals surface area contributed by atoms with Crippen LogP contribution in [0.5, 0.6) is 0 Å². The van der Waals surface area contributed by atoms with E-state index in [9.17, 15) is 14.4 Å². The Morgan fingerprint density at radius 2 is 1.97 bits per heavy atom. The molecule has 3 aromatic heterocycles. The fourth-order valence-corrected chi connectivity index (χ4v) is 6.67. The molecule has 194 valence electrons. The van der Waals surface area contributed by atoms with E-state index in [1.165, 1.54) is 15.9 Å². The molecule has 6 heterocycles. The van der Waals surface area contributed by atoms with Gasteiger partial charge in [0.1, 0.15) is 6.54 Å². The first-order valence-corrected chi connectivity index (χ1v) is 13.8. The van der Waals surface area contributed by atoms with Gasteiger partial charge in [0.25, 0.3) is 5.56 Å². The maximum absolute atomic E-state index is 14.1. The number of piperidine rings is 2. The van der Waals surface area contributed by atoms with Gasteiger partial charge in [-0.2, -0.15) is 0 Å². The summed E-state index contributed by atoms with van der Waals surface area (Å²) in [6, 6.07) is 5.31. The van der Waals surface area contributed by atoms with Crippen molar-refractivity contribution in [2.24, 2.45) is 5.92 Å². The molecule has 37 heavy (non-hydrogen) atoms. The van der Waals surface area contributed by atoms with Crippen LogP contribution < -0.4 is 15.8 Å². The second-order valence-corrected chi connectivity index (χ2v) is 10.9. The Kier molecular flexibility index (Phi) is 6.74. The van der Waals surface area contributed by atoms with Gasteiger partial charge in [-0.3, -0.25) is 19.3 Å². The highest BCUT2D eigenvalue weighted by Crippen LogP contribution is 2.34. The topological polar surface area (TPSA) is 110 Å². The lowest BCUT2D eigenvalue weighted by Crippen LogP contribution is -2.58. The number of rotatable bonds is 5. The van der Waals surface area contributed by atoms with Crippen LogP contribution in [0.25, 0.3) is 10.1 Å². The zero-order valence-corrected chi connectivity index (χ0v) is 21.3. The van der Waals surface area contributed by atoms with Crippen molar-refractivity contribution < 1.29 is 14.3 Å². The molecule has 3 fully saturated rings. The second-order valence-electron chi connectivity index (χ2n) is 9.93. The molecule has 11 heteroatoms. The van der Waals surface area contributed by atoms with Crippen LogP contribution in [0.2, 0.25) is 0 Å². The van der Waals surface area contributed by atoms with Crippen molar-refractivity contribution in [2.75, 3.05) is 31.1 Å². The van der Waals surface area contributed by atoms with Crippen LogP contribution in [0, 0.1) is 5.92 Å². The highest BCUT2D eigenvalue weighted by atomic mass is 32.1. The lowest BCUT2D eigenvalue weighted by Gasteiger charge is -2.42. The number of amides is 2. The number of hydrogen-bond acceptors (Lipinski definition) is 8. The molecule has 3 aliphatic rings. The summed E-state index contributed by atoms with van der Waals surface area (Å²) in [5, 5.41) is 5.85. The van der Waals surface area contributed by atoms with Gasteiger partial charge in [0, 0.05) is 42.5 Å².